The molecule has 0 spiro atoms. The Morgan fingerprint density at radius 1 is 0.500 bits per heavy atom. The molecule has 38 heavy (non-hydrogen) atoms. The lowest BCUT2D eigenvalue weighted by atomic mass is 10.1. The van der Waals surface area contributed by atoms with Gasteiger partial charge in [0.05, 0.1) is 16.7 Å². The van der Waals surface area contributed by atoms with Crippen LogP contribution in [0.2, 0.25) is 0 Å². The third-order valence-electron chi connectivity index (χ3n) is 6.80. The molecule has 7 aromatic rings. The van der Waals surface area contributed by atoms with Crippen LogP contribution in [-0.4, -0.2) is 19.3 Å². The molecule has 0 N–H and O–H groups in total. The lowest BCUT2D eigenvalue weighted by Gasteiger charge is -2.15. The molecule has 0 aliphatic heterocycles. The largest absolute Gasteiger partial charge is 0.309 e. The summed E-state index contributed by atoms with van der Waals surface area (Å²) in [5, 5.41) is 6.27. The Balaban J connectivity index is 1.41. The van der Waals surface area contributed by atoms with Crippen molar-refractivity contribution in [2.75, 3.05) is 0 Å². The normalized spacial score (nSPS) is 11.3. The number of hydrogen-bond donors (Lipinski definition) is 0. The van der Waals surface area contributed by atoms with Crippen LogP contribution in [-0.2, 0) is 0 Å². The summed E-state index contributed by atoms with van der Waals surface area (Å²) in [5.41, 5.74) is 5.63. The highest BCUT2D eigenvalue weighted by Gasteiger charge is 2.16. The van der Waals surface area contributed by atoms with Gasteiger partial charge in [0.15, 0.2) is 17.1 Å². The van der Waals surface area contributed by atoms with E-state index in [0.717, 1.165) is 39.4 Å². The van der Waals surface area contributed by atoms with Crippen molar-refractivity contribution in [3.05, 3.63) is 144 Å². The zero-order chi connectivity index (χ0) is 25.5. The summed E-state index contributed by atoms with van der Waals surface area (Å²) in [6.45, 7) is 0. The minimum Gasteiger partial charge on any atom is -0.309 e. The van der Waals surface area contributed by atoms with Gasteiger partial charge < -0.3 is 4.57 Å². The predicted molar refractivity (Wildman–Crippen MR) is 153 cm³/mol. The molecule has 0 saturated heterocycles. The Kier molecular flexibility index (Phi) is 5.19. The molecule has 0 aliphatic rings. The monoisotopic (exact) mass is 490 g/mol. The van der Waals surface area contributed by atoms with Crippen LogP contribution in [0.1, 0.15) is 0 Å². The van der Waals surface area contributed by atoms with Gasteiger partial charge in [-0.2, -0.15) is 0 Å². The molecule has 0 aliphatic carbocycles. The van der Waals surface area contributed by atoms with Crippen LogP contribution >= 0.6 is 0 Å². The number of fused-ring (bicyclic) bond motifs is 2. The minimum absolute atomic E-state index is 0.0495. The standard InChI is InChI=1S/C33H22N4O/c38-31-27-15-7-9-17-29(27)36(30-18-10-8-16-28(30)31)25-21-19-24(20-22-25)33-34-32(23-11-3-1-4-12-23)35-37(33)26-13-5-2-6-14-26/h1-22H. The lowest BCUT2D eigenvalue weighted by molar-refractivity contribution is 0.890. The summed E-state index contributed by atoms with van der Waals surface area (Å²) in [6, 6.07) is 43.9. The maximum absolute atomic E-state index is 13.2. The Labute approximate surface area is 218 Å². The zero-order valence-corrected chi connectivity index (χ0v) is 20.4. The molecule has 0 bridgehead atoms. The summed E-state index contributed by atoms with van der Waals surface area (Å²) >= 11 is 0. The van der Waals surface area contributed by atoms with Gasteiger partial charge in [-0.3, -0.25) is 4.79 Å². The number of aromatic nitrogens is 4. The highest BCUT2D eigenvalue weighted by Crippen LogP contribution is 2.28. The molecule has 0 atom stereocenters. The SMILES string of the molecule is O=c1c2ccccc2n(-c2ccc(-c3nc(-c4ccccc4)nn3-c3ccccc3)cc2)c2ccccc12. The van der Waals surface area contributed by atoms with Crippen molar-refractivity contribution < 1.29 is 0 Å². The Morgan fingerprint density at radius 2 is 1.05 bits per heavy atom. The van der Waals surface area contributed by atoms with E-state index >= 15 is 0 Å². The zero-order valence-electron chi connectivity index (χ0n) is 20.4. The molecule has 2 heterocycles. The second-order valence-corrected chi connectivity index (χ2v) is 9.12. The van der Waals surface area contributed by atoms with Crippen LogP contribution in [0.4, 0.5) is 0 Å². The molecule has 0 unspecified atom stereocenters. The fourth-order valence-electron chi connectivity index (χ4n) is 4.99. The van der Waals surface area contributed by atoms with E-state index in [1.165, 1.54) is 0 Å². The third kappa shape index (κ3) is 3.61. The molecule has 5 nitrogen and oxygen atoms in total. The highest BCUT2D eigenvalue weighted by molar-refractivity contribution is 5.95. The summed E-state index contributed by atoms with van der Waals surface area (Å²) in [4.78, 5) is 18.1. The fraction of sp³-hybridized carbons (Fsp3) is 0. The first-order chi connectivity index (χ1) is 18.8. The first-order valence-electron chi connectivity index (χ1n) is 12.5. The summed E-state index contributed by atoms with van der Waals surface area (Å²) < 4.78 is 4.04. The number of hydrogen-bond acceptors (Lipinski definition) is 3. The van der Waals surface area contributed by atoms with Crippen LogP contribution < -0.4 is 5.43 Å². The van der Waals surface area contributed by atoms with Crippen LogP contribution in [0.5, 0.6) is 0 Å². The summed E-state index contributed by atoms with van der Waals surface area (Å²) in [7, 11) is 0. The molecule has 2 aromatic heterocycles. The van der Waals surface area contributed by atoms with Gasteiger partial charge in [0.1, 0.15) is 0 Å². The van der Waals surface area contributed by atoms with E-state index in [9.17, 15) is 4.79 Å². The van der Waals surface area contributed by atoms with Gasteiger partial charge in [0.25, 0.3) is 0 Å². The van der Waals surface area contributed by atoms with E-state index in [-0.39, 0.29) is 5.43 Å². The molecule has 7 rings (SSSR count). The second kappa shape index (κ2) is 8.98. The molecule has 0 saturated carbocycles. The molecule has 0 amide bonds. The van der Waals surface area contributed by atoms with Crippen molar-refractivity contribution in [1.29, 1.82) is 0 Å². The average molecular weight is 491 g/mol. The molecular weight excluding hydrogens is 468 g/mol. The third-order valence-corrected chi connectivity index (χ3v) is 6.80. The average Bonchev–Trinajstić information content (AvgIpc) is 3.44. The molecule has 180 valence electrons. The topological polar surface area (TPSA) is 52.7 Å². The number of pyridine rings is 1. The van der Waals surface area contributed by atoms with Gasteiger partial charge in [-0.25, -0.2) is 9.67 Å². The van der Waals surface area contributed by atoms with Crippen molar-refractivity contribution >= 4 is 21.8 Å². The number of benzene rings is 5. The number of rotatable bonds is 4. The first kappa shape index (κ1) is 21.9. The van der Waals surface area contributed by atoms with Crippen molar-refractivity contribution in [3.63, 3.8) is 0 Å². The highest BCUT2D eigenvalue weighted by atomic mass is 16.1. The predicted octanol–water partition coefficient (Wildman–Crippen LogP) is 7.06. The van der Waals surface area contributed by atoms with Gasteiger partial charge in [-0.15, -0.1) is 5.10 Å². The lowest BCUT2D eigenvalue weighted by Crippen LogP contribution is -2.10. The van der Waals surface area contributed by atoms with E-state index in [4.69, 9.17) is 10.1 Å². The van der Waals surface area contributed by atoms with E-state index in [0.29, 0.717) is 16.6 Å². The van der Waals surface area contributed by atoms with Crippen molar-refractivity contribution in [2.24, 2.45) is 0 Å². The number of nitrogens with zero attached hydrogens (tertiary/aromatic N) is 4. The maximum Gasteiger partial charge on any atom is 0.197 e. The summed E-state index contributed by atoms with van der Waals surface area (Å²) in [6.07, 6.45) is 0. The van der Waals surface area contributed by atoms with Crippen molar-refractivity contribution in [2.45, 2.75) is 0 Å². The van der Waals surface area contributed by atoms with Gasteiger partial charge in [-0.1, -0.05) is 72.8 Å². The molecule has 0 fully saturated rings. The minimum atomic E-state index is 0.0495. The summed E-state index contributed by atoms with van der Waals surface area (Å²) in [5.74, 6) is 1.43. The van der Waals surface area contributed by atoms with E-state index < -0.39 is 0 Å². The van der Waals surface area contributed by atoms with Gasteiger partial charge >= 0.3 is 0 Å². The van der Waals surface area contributed by atoms with E-state index in [1.807, 2.05) is 114 Å². The molecule has 5 heteroatoms. The molecule has 5 aromatic carbocycles. The quantitative estimate of drug-likeness (QED) is 0.248. The van der Waals surface area contributed by atoms with Crippen LogP contribution in [0, 0.1) is 0 Å². The van der Waals surface area contributed by atoms with Gasteiger partial charge in [0.2, 0.25) is 0 Å². The van der Waals surface area contributed by atoms with E-state index in [2.05, 4.69) is 28.8 Å². The molecular formula is C33H22N4O. The first-order valence-corrected chi connectivity index (χ1v) is 12.5. The van der Waals surface area contributed by atoms with Crippen LogP contribution in [0.3, 0.4) is 0 Å². The number of para-hydroxylation sites is 3. The Hall–Kier alpha value is -5.29. The Morgan fingerprint density at radius 3 is 1.68 bits per heavy atom. The molecule has 0 radical (unpaired) electrons. The van der Waals surface area contributed by atoms with Gasteiger partial charge in [-0.05, 0) is 60.7 Å². The fourth-order valence-corrected chi connectivity index (χ4v) is 4.99. The van der Waals surface area contributed by atoms with Crippen molar-refractivity contribution in [3.8, 4) is 34.2 Å². The van der Waals surface area contributed by atoms with Crippen molar-refractivity contribution in [1.82, 2.24) is 19.3 Å². The smallest absolute Gasteiger partial charge is 0.197 e. The van der Waals surface area contributed by atoms with Crippen LogP contribution in [0.15, 0.2) is 138 Å². The Bertz CT molecular complexity index is 1910. The van der Waals surface area contributed by atoms with Crippen LogP contribution in [0.25, 0.3) is 56.0 Å². The van der Waals surface area contributed by atoms with Gasteiger partial charge in [0, 0.05) is 27.6 Å². The maximum atomic E-state index is 13.2. The second-order valence-electron chi connectivity index (χ2n) is 9.12. The van der Waals surface area contributed by atoms with E-state index in [1.54, 1.807) is 0 Å².